The lowest BCUT2D eigenvalue weighted by Gasteiger charge is -2.25. The van der Waals surface area contributed by atoms with Crippen LogP contribution in [0.15, 0.2) is 36.5 Å². The van der Waals surface area contributed by atoms with E-state index in [2.05, 4.69) is 4.98 Å². The molecule has 1 atom stereocenters. The molecule has 5 nitrogen and oxygen atoms in total. The summed E-state index contributed by atoms with van der Waals surface area (Å²) >= 11 is 0. The zero-order valence-electron chi connectivity index (χ0n) is 12.6. The maximum Gasteiger partial charge on any atom is 0.270 e. The number of aromatic nitrogens is 1. The number of ether oxygens (including phenoxy) is 1. The number of nitrogen functional groups attached to an aromatic ring is 1. The van der Waals surface area contributed by atoms with Crippen molar-refractivity contribution in [2.75, 3.05) is 19.9 Å². The minimum atomic E-state index is -0.0749. The van der Waals surface area contributed by atoms with Crippen molar-refractivity contribution in [3.8, 4) is 5.75 Å². The molecule has 0 aliphatic heterocycles. The number of amides is 1. The van der Waals surface area contributed by atoms with Gasteiger partial charge in [-0.1, -0.05) is 18.2 Å². The quantitative estimate of drug-likeness (QED) is 0.886. The number of hydrogen-bond acceptors (Lipinski definition) is 3. The summed E-state index contributed by atoms with van der Waals surface area (Å²) < 4.78 is 5.35. The number of nitrogens with two attached hydrogens (primary N) is 1. The number of benzene rings is 1. The predicted octanol–water partition coefficient (Wildman–Crippen LogP) is 2.31. The molecule has 0 spiro atoms. The van der Waals surface area contributed by atoms with Crippen molar-refractivity contribution in [1.82, 2.24) is 9.88 Å². The molecule has 1 amide bonds. The Balaban J connectivity index is 2.09. The molecule has 5 heteroatoms. The largest absolute Gasteiger partial charge is 0.496 e. The van der Waals surface area contributed by atoms with Gasteiger partial charge in [0.05, 0.1) is 7.11 Å². The number of likely N-dealkylation sites (N-methyl/N-ethyl adjacent to an activating group) is 1. The first-order valence-corrected chi connectivity index (χ1v) is 6.86. The van der Waals surface area contributed by atoms with E-state index < -0.39 is 0 Å². The number of aromatic amines is 1. The molecule has 0 aliphatic carbocycles. The monoisotopic (exact) mass is 287 g/mol. The maximum atomic E-state index is 12.4. The summed E-state index contributed by atoms with van der Waals surface area (Å²) in [6.07, 6.45) is 2.34. The highest BCUT2D eigenvalue weighted by atomic mass is 16.5. The van der Waals surface area contributed by atoms with Crippen molar-refractivity contribution in [1.29, 1.82) is 0 Å². The van der Waals surface area contributed by atoms with Crippen LogP contribution in [-0.2, 0) is 6.42 Å². The SMILES string of the molecule is COc1ccccc1CC(C)N(C)C(=O)c1cc(N)c[nH]1. The zero-order valence-corrected chi connectivity index (χ0v) is 12.6. The minimum Gasteiger partial charge on any atom is -0.496 e. The molecule has 1 unspecified atom stereocenters. The third kappa shape index (κ3) is 3.37. The summed E-state index contributed by atoms with van der Waals surface area (Å²) in [5.41, 5.74) is 7.78. The van der Waals surface area contributed by atoms with E-state index in [-0.39, 0.29) is 11.9 Å². The van der Waals surface area contributed by atoms with E-state index in [1.54, 1.807) is 31.3 Å². The van der Waals surface area contributed by atoms with Crippen molar-refractivity contribution >= 4 is 11.6 Å². The molecule has 2 aromatic rings. The third-order valence-electron chi connectivity index (χ3n) is 3.63. The Morgan fingerprint density at radius 1 is 1.43 bits per heavy atom. The fourth-order valence-electron chi connectivity index (χ4n) is 2.25. The van der Waals surface area contributed by atoms with E-state index >= 15 is 0 Å². The summed E-state index contributed by atoms with van der Waals surface area (Å²) in [6.45, 7) is 2.01. The van der Waals surface area contributed by atoms with Crippen LogP contribution in [0, 0.1) is 0 Å². The lowest BCUT2D eigenvalue weighted by atomic mass is 10.0. The summed E-state index contributed by atoms with van der Waals surface area (Å²) in [7, 11) is 3.44. The summed E-state index contributed by atoms with van der Waals surface area (Å²) in [4.78, 5) is 16.9. The van der Waals surface area contributed by atoms with Crippen molar-refractivity contribution in [2.24, 2.45) is 0 Å². The van der Waals surface area contributed by atoms with Crippen LogP contribution in [0.5, 0.6) is 5.75 Å². The number of hydrogen-bond donors (Lipinski definition) is 2. The minimum absolute atomic E-state index is 0.0401. The van der Waals surface area contributed by atoms with Crippen molar-refractivity contribution in [3.05, 3.63) is 47.8 Å². The van der Waals surface area contributed by atoms with E-state index in [0.717, 1.165) is 17.7 Å². The van der Waals surface area contributed by atoms with Gasteiger partial charge in [-0.3, -0.25) is 4.79 Å². The number of methoxy groups -OCH3 is 1. The highest BCUT2D eigenvalue weighted by Crippen LogP contribution is 2.20. The second-order valence-corrected chi connectivity index (χ2v) is 5.13. The molecular formula is C16H21N3O2. The fourth-order valence-corrected chi connectivity index (χ4v) is 2.25. The average molecular weight is 287 g/mol. The van der Waals surface area contributed by atoms with Crippen LogP contribution < -0.4 is 10.5 Å². The van der Waals surface area contributed by atoms with E-state index in [1.807, 2.05) is 31.2 Å². The molecule has 2 rings (SSSR count). The van der Waals surface area contributed by atoms with Gasteiger partial charge < -0.3 is 20.4 Å². The summed E-state index contributed by atoms with van der Waals surface area (Å²) in [6, 6.07) is 9.53. The zero-order chi connectivity index (χ0) is 15.4. The number of carbonyl (C=O) groups excluding carboxylic acids is 1. The topological polar surface area (TPSA) is 71.3 Å². The van der Waals surface area contributed by atoms with Gasteiger partial charge in [0, 0.05) is 25.0 Å². The van der Waals surface area contributed by atoms with Gasteiger partial charge >= 0.3 is 0 Å². The molecule has 0 bridgehead atoms. The molecule has 0 saturated carbocycles. The van der Waals surface area contributed by atoms with Gasteiger partial charge in [0.15, 0.2) is 0 Å². The highest BCUT2D eigenvalue weighted by molar-refractivity contribution is 5.93. The molecule has 0 aliphatic rings. The Bertz CT molecular complexity index is 621. The molecule has 1 aromatic heterocycles. The van der Waals surface area contributed by atoms with Crippen LogP contribution in [-0.4, -0.2) is 36.0 Å². The van der Waals surface area contributed by atoms with Gasteiger partial charge in [0.25, 0.3) is 5.91 Å². The number of anilines is 1. The van der Waals surface area contributed by atoms with Gasteiger partial charge in [-0.15, -0.1) is 0 Å². The molecule has 0 radical (unpaired) electrons. The van der Waals surface area contributed by atoms with Crippen LogP contribution in [0.1, 0.15) is 23.0 Å². The van der Waals surface area contributed by atoms with E-state index in [0.29, 0.717) is 11.4 Å². The second kappa shape index (κ2) is 6.35. The highest BCUT2D eigenvalue weighted by Gasteiger charge is 2.20. The Morgan fingerprint density at radius 2 is 2.14 bits per heavy atom. The van der Waals surface area contributed by atoms with Crippen LogP contribution >= 0.6 is 0 Å². The number of rotatable bonds is 5. The Morgan fingerprint density at radius 3 is 2.76 bits per heavy atom. The first kappa shape index (κ1) is 15.0. The third-order valence-corrected chi connectivity index (χ3v) is 3.63. The van der Waals surface area contributed by atoms with Crippen LogP contribution in [0.3, 0.4) is 0 Å². The number of carbonyl (C=O) groups is 1. The van der Waals surface area contributed by atoms with Crippen LogP contribution in [0.2, 0.25) is 0 Å². The molecule has 3 N–H and O–H groups in total. The van der Waals surface area contributed by atoms with Crippen LogP contribution in [0.25, 0.3) is 0 Å². The Hall–Kier alpha value is -2.43. The molecule has 21 heavy (non-hydrogen) atoms. The van der Waals surface area contributed by atoms with Gasteiger partial charge in [-0.05, 0) is 31.0 Å². The number of nitrogens with zero attached hydrogens (tertiary/aromatic N) is 1. The number of para-hydroxylation sites is 1. The van der Waals surface area contributed by atoms with Crippen molar-refractivity contribution in [3.63, 3.8) is 0 Å². The lowest BCUT2D eigenvalue weighted by Crippen LogP contribution is -2.36. The molecule has 1 aromatic carbocycles. The second-order valence-electron chi connectivity index (χ2n) is 5.13. The first-order valence-electron chi connectivity index (χ1n) is 6.86. The van der Waals surface area contributed by atoms with Crippen LogP contribution in [0.4, 0.5) is 5.69 Å². The Labute approximate surface area is 124 Å². The van der Waals surface area contributed by atoms with Crippen molar-refractivity contribution < 1.29 is 9.53 Å². The summed E-state index contributed by atoms with van der Waals surface area (Å²) in [5.74, 6) is 0.767. The number of H-pyrrole nitrogens is 1. The molecule has 112 valence electrons. The Kier molecular flexibility index (Phi) is 4.52. The summed E-state index contributed by atoms with van der Waals surface area (Å²) in [5, 5.41) is 0. The molecule has 0 fully saturated rings. The number of nitrogens with one attached hydrogen (secondary N) is 1. The van der Waals surface area contributed by atoms with E-state index in [4.69, 9.17) is 10.5 Å². The van der Waals surface area contributed by atoms with Gasteiger partial charge in [0.2, 0.25) is 0 Å². The van der Waals surface area contributed by atoms with Gasteiger partial charge in [0.1, 0.15) is 11.4 Å². The van der Waals surface area contributed by atoms with Gasteiger partial charge in [-0.2, -0.15) is 0 Å². The molecular weight excluding hydrogens is 266 g/mol. The fraction of sp³-hybridized carbons (Fsp3) is 0.312. The molecule has 1 heterocycles. The van der Waals surface area contributed by atoms with E-state index in [1.165, 1.54) is 0 Å². The maximum absolute atomic E-state index is 12.4. The normalized spacial score (nSPS) is 12.0. The van der Waals surface area contributed by atoms with Crippen molar-refractivity contribution in [2.45, 2.75) is 19.4 Å². The van der Waals surface area contributed by atoms with E-state index in [9.17, 15) is 4.79 Å². The molecule has 0 saturated heterocycles. The standard InChI is InChI=1S/C16H21N3O2/c1-11(8-12-6-4-5-7-15(12)21-3)19(2)16(20)14-9-13(17)10-18-14/h4-7,9-11,18H,8,17H2,1-3H3. The lowest BCUT2D eigenvalue weighted by molar-refractivity contribution is 0.0738. The smallest absolute Gasteiger partial charge is 0.270 e. The average Bonchev–Trinajstić information content (AvgIpc) is 2.92. The first-order chi connectivity index (χ1) is 10.0. The predicted molar refractivity (Wildman–Crippen MR) is 83.5 cm³/mol. The van der Waals surface area contributed by atoms with Gasteiger partial charge in [-0.25, -0.2) is 0 Å².